The molecule has 17 heteroatoms. The number of fused-ring (bicyclic) bond motifs is 2. The first-order valence-corrected chi connectivity index (χ1v) is 11.7. The number of carbonyl (C=O) groups is 4. The lowest BCUT2D eigenvalue weighted by molar-refractivity contribution is -0.149. The third kappa shape index (κ3) is 8.91. The van der Waals surface area contributed by atoms with Crippen LogP contribution in [0, 0.1) is 0 Å². The van der Waals surface area contributed by atoms with Gasteiger partial charge in [-0.05, 0) is 0 Å². The number of Topliss-reactive ketones (excluding diaryl/α,β-unsaturated/α-hetero) is 1. The van der Waals surface area contributed by atoms with E-state index >= 15 is 0 Å². The van der Waals surface area contributed by atoms with E-state index in [-0.39, 0.29) is 82.9 Å². The number of nitrogens with one attached hydrogen (secondary N) is 4. The van der Waals surface area contributed by atoms with Gasteiger partial charge in [-0.2, -0.15) is 20.9 Å². The molecule has 2 aromatic heterocycles. The average molecular weight is 575 g/mol. The van der Waals surface area contributed by atoms with Crippen molar-refractivity contribution in [3.05, 3.63) is 31.8 Å². The second kappa shape index (κ2) is 14.8. The number of rotatable bonds is 13. The number of aromatic nitrogens is 4. The number of esters is 1. The number of H-pyrrole nitrogens is 2. The summed E-state index contributed by atoms with van der Waals surface area (Å²) in [6.07, 6.45) is 2.59. The maximum atomic E-state index is 11.9. The van der Waals surface area contributed by atoms with Crippen molar-refractivity contribution < 1.29 is 33.6 Å². The first-order chi connectivity index (χ1) is 18.8. The standard InChI is InChI=1S/C22H22N8O9.2CH4/c31-11(1-2-15(33)38-29-21-25-17-12(5-8-23-17)19(35)27-21)7-10-37-14(32)3-4-16(34)39-30-22-26-18-13(6-9-24-18)20(36)28-22;;/h8-9H,1-7,10H2,(H2,25,27,29,35)(H2,26,28,30,36);2*1H4. The lowest BCUT2D eigenvalue weighted by Crippen LogP contribution is -2.19. The van der Waals surface area contributed by atoms with Crippen molar-refractivity contribution in [1.29, 1.82) is 0 Å². The van der Waals surface area contributed by atoms with E-state index in [1.807, 2.05) is 0 Å². The molecule has 0 fully saturated rings. The van der Waals surface area contributed by atoms with E-state index in [4.69, 9.17) is 14.4 Å². The molecule has 0 bridgehead atoms. The fourth-order valence-corrected chi connectivity index (χ4v) is 3.33. The lowest BCUT2D eigenvalue weighted by Gasteiger charge is -2.07. The summed E-state index contributed by atoms with van der Waals surface area (Å²) in [6, 6.07) is 0. The number of hydrogen-bond donors (Lipinski definition) is 4. The van der Waals surface area contributed by atoms with Crippen LogP contribution in [0.15, 0.2) is 19.6 Å². The minimum atomic E-state index is -0.811. The molecule has 0 saturated heterocycles. The van der Waals surface area contributed by atoms with Crippen LogP contribution in [-0.4, -0.2) is 62.7 Å². The molecule has 4 N–H and O–H groups in total. The van der Waals surface area contributed by atoms with Crippen LogP contribution in [0.2, 0.25) is 0 Å². The zero-order valence-electron chi connectivity index (χ0n) is 20.3. The Morgan fingerprint density at radius 1 is 0.707 bits per heavy atom. The predicted molar refractivity (Wildman–Crippen MR) is 145 cm³/mol. The number of ether oxygens (including phenoxy) is 1. The second-order valence-corrected chi connectivity index (χ2v) is 8.13. The molecule has 220 valence electrons. The Balaban J connectivity index is 0.00000294. The predicted octanol–water partition coefficient (Wildman–Crippen LogP) is 1.15. The van der Waals surface area contributed by atoms with E-state index in [2.05, 4.69) is 40.9 Å². The van der Waals surface area contributed by atoms with E-state index < -0.39 is 29.0 Å². The van der Waals surface area contributed by atoms with Gasteiger partial charge in [-0.3, -0.25) is 29.1 Å². The topological polar surface area (TPSA) is 236 Å². The van der Waals surface area contributed by atoms with Crippen LogP contribution in [0.3, 0.4) is 0 Å². The lowest BCUT2D eigenvalue weighted by atomic mass is 10.2. The van der Waals surface area contributed by atoms with Gasteiger partial charge in [0.2, 0.25) is 11.9 Å². The number of aliphatic imine (C=N–C) groups is 2. The maximum Gasteiger partial charge on any atom is 0.332 e. The fraction of sp³-hybridized carbons (Fsp3) is 0.417. The van der Waals surface area contributed by atoms with Crippen LogP contribution in [0.4, 0.5) is 23.5 Å². The summed E-state index contributed by atoms with van der Waals surface area (Å²) in [5, 5.41) is 0. The molecule has 2 aromatic rings. The summed E-state index contributed by atoms with van der Waals surface area (Å²) in [7, 11) is 0. The van der Waals surface area contributed by atoms with Crippen LogP contribution in [0.1, 0.15) is 58.1 Å². The van der Waals surface area contributed by atoms with Gasteiger partial charge in [0, 0.05) is 38.1 Å². The SMILES string of the molecule is C.C.O=C(CCOC(=O)CCC(=O)ONc1nc2c(c(=O)[nH]1)CC=N2)CCC(=O)ONc1nc2c(c(=O)[nH]1)CC=N2. The Hall–Kier alpha value is -5.22. The van der Waals surface area contributed by atoms with Gasteiger partial charge in [0.25, 0.3) is 11.1 Å². The molecule has 0 atom stereocenters. The third-order valence-electron chi connectivity index (χ3n) is 5.31. The van der Waals surface area contributed by atoms with E-state index in [0.29, 0.717) is 24.0 Å². The van der Waals surface area contributed by atoms with Gasteiger partial charge in [-0.15, -0.1) is 0 Å². The number of aromatic amines is 2. The molecule has 0 radical (unpaired) electrons. The van der Waals surface area contributed by atoms with Crippen LogP contribution in [0.25, 0.3) is 0 Å². The summed E-state index contributed by atoms with van der Waals surface area (Å²) in [4.78, 5) is 101. The molecule has 4 rings (SSSR count). The molecule has 0 unspecified atom stereocenters. The molecule has 0 aromatic carbocycles. The van der Waals surface area contributed by atoms with Crippen molar-refractivity contribution in [2.24, 2.45) is 9.98 Å². The van der Waals surface area contributed by atoms with Gasteiger partial charge in [0.1, 0.15) is 5.78 Å². The molecule has 41 heavy (non-hydrogen) atoms. The first kappa shape index (κ1) is 32.0. The summed E-state index contributed by atoms with van der Waals surface area (Å²) in [6.45, 7) is -0.236. The summed E-state index contributed by atoms with van der Waals surface area (Å²) < 4.78 is 4.91. The highest BCUT2D eigenvalue weighted by Crippen LogP contribution is 2.19. The van der Waals surface area contributed by atoms with Gasteiger partial charge in [0.15, 0.2) is 11.6 Å². The van der Waals surface area contributed by atoms with Crippen molar-refractivity contribution in [3.63, 3.8) is 0 Å². The molecule has 2 aliphatic heterocycles. The minimum Gasteiger partial charge on any atom is -0.465 e. The molecule has 0 saturated carbocycles. The Morgan fingerprint density at radius 2 is 1.17 bits per heavy atom. The third-order valence-corrected chi connectivity index (χ3v) is 5.31. The average Bonchev–Trinajstić information content (AvgIpc) is 3.58. The smallest absolute Gasteiger partial charge is 0.332 e. The van der Waals surface area contributed by atoms with Crippen molar-refractivity contribution in [1.82, 2.24) is 19.9 Å². The highest BCUT2D eigenvalue weighted by atomic mass is 16.7. The van der Waals surface area contributed by atoms with Crippen LogP contribution in [0.5, 0.6) is 0 Å². The molecule has 17 nitrogen and oxygen atoms in total. The van der Waals surface area contributed by atoms with Gasteiger partial charge < -0.3 is 14.4 Å². The summed E-state index contributed by atoms with van der Waals surface area (Å²) >= 11 is 0. The Morgan fingerprint density at radius 3 is 1.68 bits per heavy atom. The van der Waals surface area contributed by atoms with Gasteiger partial charge in [0.05, 0.1) is 37.0 Å². The van der Waals surface area contributed by atoms with Crippen molar-refractivity contribution in [2.45, 2.75) is 59.8 Å². The van der Waals surface area contributed by atoms with Crippen molar-refractivity contribution >= 4 is 59.7 Å². The quantitative estimate of drug-likeness (QED) is 0.149. The monoisotopic (exact) mass is 574 g/mol. The molecular formula is C24H30N8O9. The maximum absolute atomic E-state index is 11.9. The molecule has 2 aliphatic rings. The van der Waals surface area contributed by atoms with E-state index in [1.165, 1.54) is 12.4 Å². The van der Waals surface area contributed by atoms with E-state index in [1.54, 1.807) is 0 Å². The number of ketones is 1. The minimum absolute atomic E-state index is 0. The summed E-state index contributed by atoms with van der Waals surface area (Å²) in [5.74, 6) is -2.44. The number of nitrogens with zero attached hydrogens (tertiary/aromatic N) is 4. The Kier molecular flexibility index (Phi) is 11.6. The Labute approximate surface area is 232 Å². The fourth-order valence-electron chi connectivity index (χ4n) is 3.33. The second-order valence-electron chi connectivity index (χ2n) is 8.13. The molecule has 0 spiro atoms. The van der Waals surface area contributed by atoms with Crippen LogP contribution >= 0.6 is 0 Å². The number of anilines is 2. The normalized spacial score (nSPS) is 11.8. The summed E-state index contributed by atoms with van der Waals surface area (Å²) in [5.41, 5.74) is 4.40. The molecule has 4 heterocycles. The van der Waals surface area contributed by atoms with Crippen LogP contribution in [-0.2, 0) is 46.4 Å². The highest BCUT2D eigenvalue weighted by molar-refractivity contribution is 5.83. The van der Waals surface area contributed by atoms with E-state index in [9.17, 15) is 28.8 Å². The Bertz CT molecular complexity index is 1370. The van der Waals surface area contributed by atoms with E-state index in [0.717, 1.165) is 0 Å². The molecule has 0 aliphatic carbocycles. The van der Waals surface area contributed by atoms with Crippen molar-refractivity contribution in [2.75, 3.05) is 17.6 Å². The van der Waals surface area contributed by atoms with Gasteiger partial charge >= 0.3 is 17.9 Å². The number of carbonyl (C=O) groups excluding carboxylic acids is 4. The zero-order valence-corrected chi connectivity index (χ0v) is 20.3. The van der Waals surface area contributed by atoms with Gasteiger partial charge in [-0.1, -0.05) is 14.9 Å². The highest BCUT2D eigenvalue weighted by Gasteiger charge is 2.17. The molecule has 0 amide bonds. The first-order valence-electron chi connectivity index (χ1n) is 11.7. The zero-order chi connectivity index (χ0) is 27.8. The van der Waals surface area contributed by atoms with Crippen molar-refractivity contribution in [3.8, 4) is 0 Å². The van der Waals surface area contributed by atoms with Gasteiger partial charge in [-0.25, -0.2) is 19.6 Å². The van der Waals surface area contributed by atoms with Crippen LogP contribution < -0.4 is 22.1 Å². The largest absolute Gasteiger partial charge is 0.465 e. The number of hydrogen-bond acceptors (Lipinski definition) is 15. The molecular weight excluding hydrogens is 544 g/mol.